The van der Waals surface area contributed by atoms with E-state index in [-0.39, 0.29) is 24.1 Å². The van der Waals surface area contributed by atoms with Crippen LogP contribution in [-0.4, -0.2) is 73.8 Å². The number of ether oxygens (including phenoxy) is 1. The highest BCUT2D eigenvalue weighted by atomic mass is 16.6. The van der Waals surface area contributed by atoms with Gasteiger partial charge >= 0.3 is 6.09 Å². The van der Waals surface area contributed by atoms with Gasteiger partial charge in [-0.1, -0.05) is 73.5 Å². The number of aliphatic hydroxyl groups is 1. The lowest BCUT2D eigenvalue weighted by atomic mass is 9.92. The predicted molar refractivity (Wildman–Crippen MR) is 154 cm³/mol. The second kappa shape index (κ2) is 11.8. The summed E-state index contributed by atoms with van der Waals surface area (Å²) in [5.74, 6) is -0.160. The Labute approximate surface area is 236 Å². The van der Waals surface area contributed by atoms with Gasteiger partial charge in [0.1, 0.15) is 5.60 Å². The minimum atomic E-state index is -0.597. The van der Waals surface area contributed by atoms with Crippen molar-refractivity contribution in [3.05, 3.63) is 78.2 Å². The number of aliphatic hydroxyl groups excluding tert-OH is 1. The molecule has 0 spiro atoms. The van der Waals surface area contributed by atoms with Gasteiger partial charge in [0.25, 0.3) is 5.91 Å². The van der Waals surface area contributed by atoms with E-state index in [4.69, 9.17) is 4.74 Å². The van der Waals surface area contributed by atoms with Crippen molar-refractivity contribution in [2.75, 3.05) is 19.6 Å². The number of imidazole rings is 1. The van der Waals surface area contributed by atoms with Crippen LogP contribution in [0, 0.1) is 0 Å². The average molecular weight is 545 g/mol. The van der Waals surface area contributed by atoms with Gasteiger partial charge in [-0.05, 0) is 45.6 Å². The second-order valence-corrected chi connectivity index (χ2v) is 11.9. The third kappa shape index (κ3) is 6.22. The zero-order chi connectivity index (χ0) is 28.3. The summed E-state index contributed by atoms with van der Waals surface area (Å²) < 4.78 is 7.67. The number of carbonyl (C=O) groups is 2. The Morgan fingerprint density at radius 2 is 1.65 bits per heavy atom. The van der Waals surface area contributed by atoms with E-state index in [2.05, 4.69) is 4.98 Å². The van der Waals surface area contributed by atoms with Crippen LogP contribution in [0.4, 0.5) is 4.79 Å². The van der Waals surface area contributed by atoms with E-state index in [1.807, 2.05) is 90.9 Å². The molecule has 1 aliphatic heterocycles. The fraction of sp³-hybridized carbons (Fsp3) is 0.469. The Balaban J connectivity index is 1.48. The van der Waals surface area contributed by atoms with E-state index in [0.29, 0.717) is 31.7 Å². The van der Waals surface area contributed by atoms with Crippen molar-refractivity contribution in [3.8, 4) is 11.3 Å². The number of nitrogens with zero attached hydrogens (tertiary/aromatic N) is 4. The number of rotatable bonds is 5. The molecular weight excluding hydrogens is 504 g/mol. The van der Waals surface area contributed by atoms with Crippen molar-refractivity contribution < 1.29 is 19.4 Å². The molecule has 8 nitrogen and oxygen atoms in total. The summed E-state index contributed by atoms with van der Waals surface area (Å²) in [6.45, 7) is 6.71. The van der Waals surface area contributed by atoms with Gasteiger partial charge in [-0.25, -0.2) is 9.78 Å². The summed E-state index contributed by atoms with van der Waals surface area (Å²) in [6.07, 6.45) is 5.11. The molecule has 0 radical (unpaired) electrons. The molecule has 2 aromatic carbocycles. The summed E-state index contributed by atoms with van der Waals surface area (Å²) >= 11 is 0. The third-order valence-corrected chi connectivity index (χ3v) is 7.80. The van der Waals surface area contributed by atoms with E-state index in [1.54, 1.807) is 11.2 Å². The fourth-order valence-corrected chi connectivity index (χ4v) is 5.88. The molecule has 40 heavy (non-hydrogen) atoms. The van der Waals surface area contributed by atoms with Crippen LogP contribution in [-0.2, 0) is 11.2 Å². The largest absolute Gasteiger partial charge is 0.444 e. The molecule has 212 valence electrons. The van der Waals surface area contributed by atoms with Crippen molar-refractivity contribution in [1.29, 1.82) is 0 Å². The van der Waals surface area contributed by atoms with E-state index >= 15 is 0 Å². The lowest BCUT2D eigenvalue weighted by Gasteiger charge is -2.41. The summed E-state index contributed by atoms with van der Waals surface area (Å²) in [5.41, 5.74) is 2.51. The lowest BCUT2D eigenvalue weighted by Crippen LogP contribution is -2.58. The number of aromatic nitrogens is 2. The zero-order valence-electron chi connectivity index (χ0n) is 23.7. The number of carbonyl (C=O) groups excluding carboxylic acids is 2. The van der Waals surface area contributed by atoms with Crippen LogP contribution in [0.25, 0.3) is 11.3 Å². The van der Waals surface area contributed by atoms with Gasteiger partial charge < -0.3 is 24.2 Å². The summed E-state index contributed by atoms with van der Waals surface area (Å²) in [6, 6.07) is 19.5. The first kappa shape index (κ1) is 27.9. The Hall–Kier alpha value is -3.65. The van der Waals surface area contributed by atoms with Crippen LogP contribution in [0.1, 0.15) is 68.5 Å². The van der Waals surface area contributed by atoms with Crippen molar-refractivity contribution in [1.82, 2.24) is 19.4 Å². The first-order valence-electron chi connectivity index (χ1n) is 14.3. The lowest BCUT2D eigenvalue weighted by molar-refractivity contribution is 0.00429. The SMILES string of the molecule is CC(C)(C)OC(=O)N1CCN(C(=O)c2ncn([C@@H]3CCCC[C@@H]3O)c2-c2ccccc2)[C@H](Cc2ccccc2)C1. The normalized spacial score (nSPS) is 21.8. The predicted octanol–water partition coefficient (Wildman–Crippen LogP) is 5.33. The maximum Gasteiger partial charge on any atom is 0.410 e. The third-order valence-electron chi connectivity index (χ3n) is 7.80. The van der Waals surface area contributed by atoms with E-state index in [9.17, 15) is 14.7 Å². The Bertz CT molecular complexity index is 1300. The second-order valence-electron chi connectivity index (χ2n) is 11.9. The molecule has 2 aliphatic rings. The first-order chi connectivity index (χ1) is 19.2. The van der Waals surface area contributed by atoms with Gasteiger partial charge in [0.15, 0.2) is 5.69 Å². The number of piperazine rings is 1. The number of benzene rings is 2. The quantitative estimate of drug-likeness (QED) is 0.469. The smallest absolute Gasteiger partial charge is 0.410 e. The van der Waals surface area contributed by atoms with Crippen molar-refractivity contribution >= 4 is 12.0 Å². The maximum absolute atomic E-state index is 14.3. The highest BCUT2D eigenvalue weighted by Gasteiger charge is 2.37. The molecule has 1 aliphatic carbocycles. The molecule has 3 atom stereocenters. The van der Waals surface area contributed by atoms with Crippen molar-refractivity contribution in [3.63, 3.8) is 0 Å². The van der Waals surface area contributed by atoms with E-state index in [1.165, 1.54) is 0 Å². The van der Waals surface area contributed by atoms with Crippen molar-refractivity contribution in [2.45, 2.75) is 76.7 Å². The van der Waals surface area contributed by atoms with Crippen LogP contribution in [0.5, 0.6) is 0 Å². The highest BCUT2D eigenvalue weighted by molar-refractivity contribution is 5.98. The maximum atomic E-state index is 14.3. The summed E-state index contributed by atoms with van der Waals surface area (Å²) in [7, 11) is 0. The average Bonchev–Trinajstić information content (AvgIpc) is 3.38. The molecule has 0 unspecified atom stereocenters. The van der Waals surface area contributed by atoms with Crippen LogP contribution < -0.4 is 0 Å². The topological polar surface area (TPSA) is 87.9 Å². The molecule has 3 aromatic rings. The van der Waals surface area contributed by atoms with E-state index < -0.39 is 11.7 Å². The standard InChI is InChI=1S/C32H40N4O4/c1-32(2,3)40-31(39)34-18-19-35(25(21-34)20-23-12-6-4-7-13-23)30(38)28-29(24-14-8-5-9-15-24)36(22-33-28)26-16-10-11-17-27(26)37/h4-9,12-15,22,25-27,37H,10-11,16-21H2,1-3H3/t25-,26-,27+/m1/s1. The first-order valence-corrected chi connectivity index (χ1v) is 14.3. The molecule has 0 bridgehead atoms. The van der Waals surface area contributed by atoms with E-state index in [0.717, 1.165) is 42.5 Å². The monoisotopic (exact) mass is 544 g/mol. The highest BCUT2D eigenvalue weighted by Crippen LogP contribution is 2.35. The molecule has 1 N–H and O–H groups in total. The number of hydrogen-bond donors (Lipinski definition) is 1. The van der Waals surface area contributed by atoms with Gasteiger partial charge in [0.05, 0.1) is 30.2 Å². The molecule has 1 saturated heterocycles. The van der Waals surface area contributed by atoms with Gasteiger partial charge in [-0.15, -0.1) is 0 Å². The minimum absolute atomic E-state index is 0.123. The molecule has 1 saturated carbocycles. The Morgan fingerprint density at radius 1 is 0.975 bits per heavy atom. The molecule has 2 heterocycles. The number of amides is 2. The molecule has 1 aromatic heterocycles. The van der Waals surface area contributed by atoms with Crippen LogP contribution >= 0.6 is 0 Å². The molecule has 5 rings (SSSR count). The number of hydrogen-bond acceptors (Lipinski definition) is 5. The van der Waals surface area contributed by atoms with Crippen molar-refractivity contribution in [2.24, 2.45) is 0 Å². The van der Waals surface area contributed by atoms with Crippen LogP contribution in [0.15, 0.2) is 67.0 Å². The minimum Gasteiger partial charge on any atom is -0.444 e. The van der Waals surface area contributed by atoms with Crippen LogP contribution in [0.2, 0.25) is 0 Å². The summed E-state index contributed by atoms with van der Waals surface area (Å²) in [4.78, 5) is 35.5. The molecule has 2 amide bonds. The molecule has 2 fully saturated rings. The Morgan fingerprint density at radius 3 is 2.33 bits per heavy atom. The molecule has 8 heteroatoms. The van der Waals surface area contributed by atoms with Gasteiger partial charge in [0, 0.05) is 25.2 Å². The zero-order valence-corrected chi connectivity index (χ0v) is 23.7. The fourth-order valence-electron chi connectivity index (χ4n) is 5.88. The van der Waals surface area contributed by atoms with Gasteiger partial charge in [0.2, 0.25) is 0 Å². The molecular formula is C32H40N4O4. The van der Waals surface area contributed by atoms with Crippen LogP contribution in [0.3, 0.4) is 0 Å². The summed E-state index contributed by atoms with van der Waals surface area (Å²) in [5, 5.41) is 10.9. The Kier molecular flexibility index (Phi) is 8.26. The van der Waals surface area contributed by atoms with Gasteiger partial charge in [-0.3, -0.25) is 4.79 Å². The van der Waals surface area contributed by atoms with Gasteiger partial charge in [-0.2, -0.15) is 0 Å².